The number of allylic oxidation sites excluding steroid dienone is 2. The predicted molar refractivity (Wildman–Crippen MR) is 146 cm³/mol. The number of benzene rings is 1. The molecule has 1 aromatic carbocycles. The van der Waals surface area contributed by atoms with Crippen LogP contribution in [0, 0.1) is 5.92 Å². The van der Waals surface area contributed by atoms with Crippen LogP contribution >= 0.6 is 0 Å². The topological polar surface area (TPSA) is 97.6 Å². The maximum atomic E-state index is 13.6. The van der Waals surface area contributed by atoms with E-state index in [4.69, 9.17) is 14.8 Å². The van der Waals surface area contributed by atoms with Crippen molar-refractivity contribution in [3.63, 3.8) is 0 Å². The minimum absolute atomic E-state index is 0.0762. The zero-order valence-electron chi connectivity index (χ0n) is 21.4. The molecule has 3 aromatic rings. The molecule has 2 aliphatic heterocycles. The molecule has 2 aromatic heterocycles. The van der Waals surface area contributed by atoms with E-state index in [1.165, 1.54) is 24.8 Å². The van der Waals surface area contributed by atoms with E-state index in [-0.39, 0.29) is 5.69 Å². The number of carbonyl (C=O) groups is 1. The third kappa shape index (κ3) is 4.41. The van der Waals surface area contributed by atoms with E-state index in [2.05, 4.69) is 4.90 Å². The van der Waals surface area contributed by atoms with Gasteiger partial charge in [0.05, 0.1) is 27.9 Å². The van der Waals surface area contributed by atoms with Gasteiger partial charge in [0, 0.05) is 38.9 Å². The summed E-state index contributed by atoms with van der Waals surface area (Å²) < 4.78 is 33.3. The van der Waals surface area contributed by atoms with E-state index in [0.717, 1.165) is 77.5 Å². The summed E-state index contributed by atoms with van der Waals surface area (Å²) in [6.07, 6.45) is 9.45. The first-order chi connectivity index (χ1) is 18.5. The normalized spacial score (nSPS) is 19.7. The fraction of sp³-hybridized carbons (Fsp3) is 0.393. The number of methoxy groups -OCH3 is 1. The molecule has 6 rings (SSSR count). The second kappa shape index (κ2) is 9.99. The summed E-state index contributed by atoms with van der Waals surface area (Å²) >= 11 is 0. The molecule has 3 aliphatic rings. The first-order valence-electron chi connectivity index (χ1n) is 13.1. The SMILES string of the molecule is COCC1CCN(c2cc(C(=O)N3C=CC=CS3(=O)=O)nc3c2c(C2CCC2)nn3-c2ccccc2)CC1. The van der Waals surface area contributed by atoms with Crippen LogP contribution in [-0.2, 0) is 14.8 Å². The van der Waals surface area contributed by atoms with Gasteiger partial charge in [0.1, 0.15) is 5.69 Å². The molecular weight excluding hydrogens is 502 g/mol. The van der Waals surface area contributed by atoms with Gasteiger partial charge in [0.25, 0.3) is 15.9 Å². The summed E-state index contributed by atoms with van der Waals surface area (Å²) in [5.74, 6) is 0.142. The summed E-state index contributed by atoms with van der Waals surface area (Å²) in [6, 6.07) is 11.5. The van der Waals surface area contributed by atoms with E-state index in [1.807, 2.05) is 30.3 Å². The number of nitrogens with zero attached hydrogens (tertiary/aromatic N) is 5. The highest BCUT2D eigenvalue weighted by Gasteiger charge is 2.33. The lowest BCUT2D eigenvalue weighted by atomic mass is 9.82. The molecule has 0 radical (unpaired) electrons. The maximum Gasteiger partial charge on any atom is 0.290 e. The summed E-state index contributed by atoms with van der Waals surface area (Å²) in [4.78, 5) is 20.7. The van der Waals surface area contributed by atoms with Crippen molar-refractivity contribution >= 4 is 32.7 Å². The Bertz CT molecular complexity index is 1520. The number of carbonyl (C=O) groups excluding carboxylic acids is 1. The number of anilines is 1. The first-order valence-corrected chi connectivity index (χ1v) is 14.6. The molecule has 38 heavy (non-hydrogen) atoms. The number of pyridine rings is 1. The molecule has 1 aliphatic carbocycles. The van der Waals surface area contributed by atoms with Crippen molar-refractivity contribution < 1.29 is 17.9 Å². The van der Waals surface area contributed by atoms with E-state index in [1.54, 1.807) is 17.9 Å². The molecule has 0 atom stereocenters. The third-order valence-electron chi connectivity index (χ3n) is 7.77. The minimum Gasteiger partial charge on any atom is -0.384 e. The van der Waals surface area contributed by atoms with Crippen molar-refractivity contribution in [1.29, 1.82) is 0 Å². The largest absolute Gasteiger partial charge is 0.384 e. The zero-order valence-corrected chi connectivity index (χ0v) is 22.2. The average molecular weight is 534 g/mol. The van der Waals surface area contributed by atoms with Crippen LogP contribution < -0.4 is 4.90 Å². The Morgan fingerprint density at radius 1 is 1.08 bits per heavy atom. The van der Waals surface area contributed by atoms with Gasteiger partial charge >= 0.3 is 0 Å². The molecule has 9 nitrogen and oxygen atoms in total. The molecule has 0 N–H and O–H groups in total. The fourth-order valence-electron chi connectivity index (χ4n) is 5.49. The van der Waals surface area contributed by atoms with E-state index in [9.17, 15) is 13.2 Å². The predicted octanol–water partition coefficient (Wildman–Crippen LogP) is 4.36. The van der Waals surface area contributed by atoms with Crippen LogP contribution in [0.25, 0.3) is 16.7 Å². The molecule has 0 spiro atoms. The number of sulfonamides is 1. The van der Waals surface area contributed by atoms with Gasteiger partial charge in [-0.25, -0.2) is 22.4 Å². The number of para-hydroxylation sites is 1. The van der Waals surface area contributed by atoms with Crippen LogP contribution in [0.3, 0.4) is 0 Å². The Kier molecular flexibility index (Phi) is 6.53. The quantitative estimate of drug-likeness (QED) is 0.464. The Morgan fingerprint density at radius 3 is 2.50 bits per heavy atom. The summed E-state index contributed by atoms with van der Waals surface area (Å²) in [7, 11) is -2.18. The second-order valence-electron chi connectivity index (χ2n) is 10.2. The Labute approximate surface area is 222 Å². The average Bonchev–Trinajstić information content (AvgIpc) is 3.27. The standard InChI is InChI=1S/C28H31N5O4S/c1-37-19-20-12-15-31(16-13-20)24-18-23(28(34)32-14-5-6-17-38(32,35)36)29-27-25(24)26(21-8-7-9-21)30-33(27)22-10-3-2-4-11-22/h2-6,10-11,14,17-18,20-21H,7-9,12-13,15-16,19H2,1H3. The van der Waals surface area contributed by atoms with Crippen molar-refractivity contribution in [3.05, 3.63) is 71.5 Å². The van der Waals surface area contributed by atoms with Crippen LogP contribution in [0.15, 0.2) is 60.2 Å². The molecule has 1 saturated carbocycles. The van der Waals surface area contributed by atoms with Crippen molar-refractivity contribution in [3.8, 4) is 5.69 Å². The number of piperidine rings is 1. The van der Waals surface area contributed by atoms with Crippen molar-refractivity contribution in [2.75, 3.05) is 31.7 Å². The summed E-state index contributed by atoms with van der Waals surface area (Å²) in [5.41, 5.74) is 3.40. The van der Waals surface area contributed by atoms with Gasteiger partial charge in [-0.2, -0.15) is 5.10 Å². The Morgan fingerprint density at radius 2 is 1.84 bits per heavy atom. The molecule has 2 fully saturated rings. The van der Waals surface area contributed by atoms with Gasteiger partial charge in [-0.05, 0) is 62.0 Å². The highest BCUT2D eigenvalue weighted by Crippen LogP contribution is 2.43. The van der Waals surface area contributed by atoms with Crippen LogP contribution in [0.1, 0.15) is 54.2 Å². The Balaban J connectivity index is 1.53. The molecule has 198 valence electrons. The molecule has 0 unspecified atom stereocenters. The van der Waals surface area contributed by atoms with Gasteiger partial charge in [0.2, 0.25) is 0 Å². The van der Waals surface area contributed by atoms with Crippen molar-refractivity contribution in [2.45, 2.75) is 38.0 Å². The second-order valence-corrected chi connectivity index (χ2v) is 11.9. The summed E-state index contributed by atoms with van der Waals surface area (Å²) in [6.45, 7) is 2.35. The molecular formula is C28H31N5O4S. The third-order valence-corrected chi connectivity index (χ3v) is 9.11. The van der Waals surface area contributed by atoms with E-state index >= 15 is 0 Å². The van der Waals surface area contributed by atoms with Gasteiger partial charge in [-0.3, -0.25) is 4.79 Å². The number of aromatic nitrogens is 3. The highest BCUT2D eigenvalue weighted by atomic mass is 32.2. The molecule has 1 amide bonds. The maximum absolute atomic E-state index is 13.6. The molecule has 1 saturated heterocycles. The Hall–Kier alpha value is -3.50. The van der Waals surface area contributed by atoms with Gasteiger partial charge < -0.3 is 9.64 Å². The van der Waals surface area contributed by atoms with Crippen LogP contribution in [0.4, 0.5) is 5.69 Å². The minimum atomic E-state index is -3.91. The van der Waals surface area contributed by atoms with E-state index < -0.39 is 15.9 Å². The zero-order chi connectivity index (χ0) is 26.3. The molecule has 0 bridgehead atoms. The van der Waals surface area contributed by atoms with Gasteiger partial charge in [-0.15, -0.1) is 0 Å². The lowest BCUT2D eigenvalue weighted by molar-refractivity contribution is 0.0894. The van der Waals surface area contributed by atoms with E-state index in [0.29, 0.717) is 17.5 Å². The fourth-order valence-corrected chi connectivity index (χ4v) is 6.48. The number of hydrogen-bond donors (Lipinski definition) is 0. The lowest BCUT2D eigenvalue weighted by Crippen LogP contribution is -2.36. The first kappa shape index (κ1) is 24.8. The number of ether oxygens (including phenoxy) is 1. The number of amides is 1. The number of hydrogen-bond acceptors (Lipinski definition) is 7. The smallest absolute Gasteiger partial charge is 0.290 e. The van der Waals surface area contributed by atoms with Gasteiger partial charge in [-0.1, -0.05) is 24.6 Å². The van der Waals surface area contributed by atoms with Crippen molar-refractivity contribution in [1.82, 2.24) is 19.1 Å². The van der Waals surface area contributed by atoms with Crippen LogP contribution in [0.2, 0.25) is 0 Å². The van der Waals surface area contributed by atoms with Crippen LogP contribution in [-0.4, -0.2) is 60.2 Å². The highest BCUT2D eigenvalue weighted by molar-refractivity contribution is 7.92. The lowest BCUT2D eigenvalue weighted by Gasteiger charge is -2.34. The monoisotopic (exact) mass is 533 g/mol. The van der Waals surface area contributed by atoms with Gasteiger partial charge in [0.15, 0.2) is 5.65 Å². The van der Waals surface area contributed by atoms with Crippen molar-refractivity contribution in [2.24, 2.45) is 5.92 Å². The number of rotatable bonds is 6. The van der Waals surface area contributed by atoms with Crippen LogP contribution in [0.5, 0.6) is 0 Å². The summed E-state index contributed by atoms with van der Waals surface area (Å²) in [5, 5.41) is 7.04. The molecule has 4 heterocycles. The number of fused-ring (bicyclic) bond motifs is 1. The molecule has 10 heteroatoms.